The summed E-state index contributed by atoms with van der Waals surface area (Å²) in [5, 5.41) is 10.6. The zero-order valence-electron chi connectivity index (χ0n) is 12.5. The number of hydrogen-bond donors (Lipinski definition) is 2. The molecule has 0 unspecified atom stereocenters. The van der Waals surface area contributed by atoms with Gasteiger partial charge in [0.05, 0.1) is 16.3 Å². The van der Waals surface area contributed by atoms with Crippen molar-refractivity contribution in [3.8, 4) is 17.2 Å². The van der Waals surface area contributed by atoms with Gasteiger partial charge in [0, 0.05) is 13.1 Å². The van der Waals surface area contributed by atoms with Crippen molar-refractivity contribution in [2.24, 2.45) is 5.84 Å². The Morgan fingerprint density at radius 2 is 1.92 bits per heavy atom. The second kappa shape index (κ2) is 7.06. The Balaban J connectivity index is 2.32. The molecule has 0 spiro atoms. The average Bonchev–Trinajstić information content (AvgIpc) is 2.45. The van der Waals surface area contributed by atoms with Crippen LogP contribution >= 0.6 is 11.6 Å². The van der Waals surface area contributed by atoms with Crippen molar-refractivity contribution in [2.45, 2.75) is 13.0 Å². The molecule has 5 nitrogen and oxygen atoms in total. The lowest BCUT2D eigenvalue weighted by Gasteiger charge is -2.21. The standard InChI is InChI=1S/C15H14ClF3N2O3/c1-21(20)12-3-2-4-13(24-15(17,18)19)10(12)8-23-14-6-5-9(22)7-11(14)16/h2-7,22H,8,20H2,1H3. The highest BCUT2D eigenvalue weighted by molar-refractivity contribution is 6.32. The Hall–Kier alpha value is -2.32. The van der Waals surface area contributed by atoms with E-state index in [1.54, 1.807) is 0 Å². The maximum absolute atomic E-state index is 12.6. The maximum Gasteiger partial charge on any atom is 0.573 e. The van der Waals surface area contributed by atoms with E-state index in [0.29, 0.717) is 5.69 Å². The van der Waals surface area contributed by atoms with Gasteiger partial charge in [-0.05, 0) is 24.3 Å². The number of alkyl halides is 3. The number of anilines is 1. The molecule has 2 aromatic carbocycles. The molecule has 0 aromatic heterocycles. The van der Waals surface area contributed by atoms with Crippen molar-refractivity contribution in [1.29, 1.82) is 0 Å². The third-order valence-electron chi connectivity index (χ3n) is 3.00. The van der Waals surface area contributed by atoms with E-state index in [1.165, 1.54) is 37.4 Å². The summed E-state index contributed by atoms with van der Waals surface area (Å²) in [5.74, 6) is 5.36. The summed E-state index contributed by atoms with van der Waals surface area (Å²) in [6, 6.07) is 8.08. The molecule has 0 fully saturated rings. The minimum Gasteiger partial charge on any atom is -0.508 e. The van der Waals surface area contributed by atoms with Gasteiger partial charge in [-0.3, -0.25) is 0 Å². The van der Waals surface area contributed by atoms with Gasteiger partial charge in [0.2, 0.25) is 0 Å². The number of hydrogen-bond acceptors (Lipinski definition) is 5. The van der Waals surface area contributed by atoms with Crippen molar-refractivity contribution in [2.75, 3.05) is 12.1 Å². The number of halogens is 4. The largest absolute Gasteiger partial charge is 0.573 e. The molecule has 2 rings (SSSR count). The number of nitrogens with zero attached hydrogens (tertiary/aromatic N) is 1. The summed E-state index contributed by atoms with van der Waals surface area (Å²) in [6.07, 6.45) is -4.85. The van der Waals surface area contributed by atoms with Crippen molar-refractivity contribution >= 4 is 17.3 Å². The predicted octanol–water partition coefficient (Wildman–Crippen LogP) is 3.83. The van der Waals surface area contributed by atoms with Crippen LogP contribution in [0, 0.1) is 0 Å². The van der Waals surface area contributed by atoms with Gasteiger partial charge in [-0.2, -0.15) is 0 Å². The van der Waals surface area contributed by atoms with Gasteiger partial charge in [0.25, 0.3) is 0 Å². The van der Waals surface area contributed by atoms with Gasteiger partial charge in [-0.1, -0.05) is 17.7 Å². The minimum absolute atomic E-state index is 0.0597. The monoisotopic (exact) mass is 362 g/mol. The molecule has 0 radical (unpaired) electrons. The number of phenols is 1. The summed E-state index contributed by atoms with van der Waals surface area (Å²) >= 11 is 5.91. The Bertz CT molecular complexity index is 724. The molecule has 0 saturated heterocycles. The van der Waals surface area contributed by atoms with Crippen LogP contribution in [0.1, 0.15) is 5.56 Å². The molecule has 0 aliphatic carbocycles. The van der Waals surface area contributed by atoms with Crippen molar-refractivity contribution < 1.29 is 27.8 Å². The van der Waals surface area contributed by atoms with E-state index in [1.807, 2.05) is 0 Å². The van der Waals surface area contributed by atoms with E-state index in [-0.39, 0.29) is 28.7 Å². The first-order chi connectivity index (χ1) is 11.2. The molecule has 3 N–H and O–H groups in total. The lowest BCUT2D eigenvalue weighted by atomic mass is 10.1. The summed E-state index contributed by atoms with van der Waals surface area (Å²) < 4.78 is 47.2. The highest BCUT2D eigenvalue weighted by Gasteiger charge is 2.32. The van der Waals surface area contributed by atoms with Crippen molar-refractivity contribution in [1.82, 2.24) is 0 Å². The van der Waals surface area contributed by atoms with E-state index in [0.717, 1.165) is 11.1 Å². The Kier molecular flexibility index (Phi) is 5.30. The molecule has 0 aliphatic rings. The van der Waals surface area contributed by atoms with Crippen molar-refractivity contribution in [3.05, 3.63) is 47.0 Å². The molecular formula is C15H14ClF3N2O3. The zero-order valence-corrected chi connectivity index (χ0v) is 13.2. The maximum atomic E-state index is 12.6. The molecule has 24 heavy (non-hydrogen) atoms. The third kappa shape index (κ3) is 4.59. The molecular weight excluding hydrogens is 349 g/mol. The van der Waals surface area contributed by atoms with Gasteiger partial charge in [0.1, 0.15) is 23.9 Å². The SMILES string of the molecule is CN(N)c1cccc(OC(F)(F)F)c1COc1ccc(O)cc1Cl. The van der Waals surface area contributed by atoms with Crippen LogP contribution in [-0.2, 0) is 6.61 Å². The lowest BCUT2D eigenvalue weighted by molar-refractivity contribution is -0.275. The summed E-state index contributed by atoms with van der Waals surface area (Å²) in [5.41, 5.74) is 0.399. The summed E-state index contributed by atoms with van der Waals surface area (Å²) in [7, 11) is 1.48. The van der Waals surface area contributed by atoms with E-state index in [9.17, 15) is 18.3 Å². The second-order valence-corrected chi connectivity index (χ2v) is 5.22. The smallest absolute Gasteiger partial charge is 0.508 e. The fourth-order valence-corrected chi connectivity index (χ4v) is 2.24. The Labute approximate surface area is 140 Å². The van der Waals surface area contributed by atoms with E-state index in [4.69, 9.17) is 22.2 Å². The average molecular weight is 363 g/mol. The number of nitrogens with two attached hydrogens (primary N) is 1. The quantitative estimate of drug-likeness (QED) is 0.625. The Morgan fingerprint density at radius 3 is 2.50 bits per heavy atom. The molecule has 0 amide bonds. The molecule has 2 aromatic rings. The number of rotatable bonds is 5. The van der Waals surface area contributed by atoms with Gasteiger partial charge in [-0.25, -0.2) is 5.84 Å². The van der Waals surface area contributed by atoms with Crippen LogP contribution in [0.5, 0.6) is 17.2 Å². The summed E-state index contributed by atoms with van der Waals surface area (Å²) in [4.78, 5) is 0. The first-order valence-electron chi connectivity index (χ1n) is 6.65. The van der Waals surface area contributed by atoms with Gasteiger partial charge >= 0.3 is 6.36 Å². The van der Waals surface area contributed by atoms with Crippen LogP contribution in [0.15, 0.2) is 36.4 Å². The van der Waals surface area contributed by atoms with Crippen LogP contribution in [-0.4, -0.2) is 18.5 Å². The lowest BCUT2D eigenvalue weighted by Crippen LogP contribution is -2.27. The molecule has 130 valence electrons. The van der Waals surface area contributed by atoms with Gasteiger partial charge in [0.15, 0.2) is 0 Å². The molecule has 0 aliphatic heterocycles. The fraction of sp³-hybridized carbons (Fsp3) is 0.200. The van der Waals surface area contributed by atoms with E-state index in [2.05, 4.69) is 4.74 Å². The first-order valence-corrected chi connectivity index (χ1v) is 7.02. The molecule has 9 heteroatoms. The normalized spacial score (nSPS) is 11.2. The van der Waals surface area contributed by atoms with E-state index < -0.39 is 12.1 Å². The fourth-order valence-electron chi connectivity index (χ4n) is 2.01. The highest BCUT2D eigenvalue weighted by Crippen LogP contribution is 2.34. The van der Waals surface area contributed by atoms with E-state index >= 15 is 0 Å². The topological polar surface area (TPSA) is 68.0 Å². The number of hydrazine groups is 1. The first kappa shape index (κ1) is 18.0. The number of aromatic hydroxyl groups is 1. The van der Waals surface area contributed by atoms with Crippen LogP contribution in [0.25, 0.3) is 0 Å². The van der Waals surface area contributed by atoms with Crippen LogP contribution < -0.4 is 20.3 Å². The number of benzene rings is 2. The molecule has 0 saturated carbocycles. The van der Waals surface area contributed by atoms with Crippen LogP contribution in [0.3, 0.4) is 0 Å². The predicted molar refractivity (Wildman–Crippen MR) is 83.2 cm³/mol. The second-order valence-electron chi connectivity index (χ2n) is 4.82. The zero-order chi connectivity index (χ0) is 17.9. The van der Waals surface area contributed by atoms with Gasteiger partial charge < -0.3 is 19.6 Å². The minimum atomic E-state index is -4.85. The van der Waals surface area contributed by atoms with Crippen LogP contribution in [0.4, 0.5) is 18.9 Å². The summed E-state index contributed by atoms with van der Waals surface area (Å²) in [6.45, 7) is -0.270. The molecule has 0 heterocycles. The number of ether oxygens (including phenoxy) is 2. The Morgan fingerprint density at radius 1 is 1.21 bits per heavy atom. The third-order valence-corrected chi connectivity index (χ3v) is 3.30. The number of phenolic OH excluding ortho intramolecular Hbond substituents is 1. The van der Waals surface area contributed by atoms with Gasteiger partial charge in [-0.15, -0.1) is 13.2 Å². The molecule has 0 bridgehead atoms. The van der Waals surface area contributed by atoms with Crippen LogP contribution in [0.2, 0.25) is 5.02 Å². The molecule has 0 atom stereocenters. The van der Waals surface area contributed by atoms with Crippen molar-refractivity contribution in [3.63, 3.8) is 0 Å². The highest BCUT2D eigenvalue weighted by atomic mass is 35.5.